The Morgan fingerprint density at radius 1 is 0.889 bits per heavy atom. The van der Waals surface area contributed by atoms with E-state index in [1.807, 2.05) is 19.1 Å². The van der Waals surface area contributed by atoms with E-state index in [4.69, 9.17) is 15.2 Å². The summed E-state index contributed by atoms with van der Waals surface area (Å²) in [6, 6.07) is 11.1. The fourth-order valence-electron chi connectivity index (χ4n) is 5.77. The Labute approximate surface area is 259 Å². The van der Waals surface area contributed by atoms with E-state index in [9.17, 15) is 27.6 Å². The van der Waals surface area contributed by atoms with Gasteiger partial charge in [-0.2, -0.15) is 0 Å². The zero-order valence-corrected chi connectivity index (χ0v) is 25.2. The monoisotopic (exact) mass is 624 g/mol. The van der Waals surface area contributed by atoms with Crippen LogP contribution in [0.3, 0.4) is 0 Å². The van der Waals surface area contributed by atoms with Crippen molar-refractivity contribution in [2.45, 2.75) is 45.3 Å². The molecule has 0 saturated heterocycles. The van der Waals surface area contributed by atoms with Crippen molar-refractivity contribution >= 4 is 23.4 Å². The molecule has 0 bridgehead atoms. The average Bonchev–Trinajstić information content (AvgIpc) is 3.15. The summed E-state index contributed by atoms with van der Waals surface area (Å²) in [6.45, 7) is 2.75. The summed E-state index contributed by atoms with van der Waals surface area (Å²) in [7, 11) is 1.58. The van der Waals surface area contributed by atoms with E-state index in [1.54, 1.807) is 36.3 Å². The number of methoxy groups -OCH3 is 1. The number of fused-ring (bicyclic) bond motifs is 2. The number of carbonyl (C=O) groups excluding carboxylic acids is 3. The molecule has 0 saturated carbocycles. The minimum Gasteiger partial charge on any atom is -0.493 e. The van der Waals surface area contributed by atoms with Crippen LogP contribution in [0.2, 0.25) is 0 Å². The molecule has 0 aromatic heterocycles. The Bertz CT molecular complexity index is 1620. The predicted molar refractivity (Wildman–Crippen MR) is 160 cm³/mol. The third kappa shape index (κ3) is 7.06. The number of nitrogens with two attached hydrogens (primary N) is 1. The second kappa shape index (κ2) is 13.6. The summed E-state index contributed by atoms with van der Waals surface area (Å²) in [5.74, 6) is -3.39. The molecule has 0 unspecified atom stereocenters. The van der Waals surface area contributed by atoms with Crippen molar-refractivity contribution in [1.82, 2.24) is 9.80 Å². The zero-order valence-electron chi connectivity index (χ0n) is 25.2. The lowest BCUT2D eigenvalue weighted by Gasteiger charge is -2.32. The van der Waals surface area contributed by atoms with E-state index in [0.29, 0.717) is 54.9 Å². The van der Waals surface area contributed by atoms with Crippen molar-refractivity contribution < 1.29 is 37.0 Å². The van der Waals surface area contributed by atoms with Crippen LogP contribution in [0.4, 0.5) is 18.9 Å². The molecule has 3 amide bonds. The van der Waals surface area contributed by atoms with Gasteiger partial charge in [-0.3, -0.25) is 14.4 Å². The van der Waals surface area contributed by atoms with E-state index in [1.165, 1.54) is 9.80 Å². The second-order valence-electron chi connectivity index (χ2n) is 11.2. The molecule has 45 heavy (non-hydrogen) atoms. The molecule has 0 spiro atoms. The van der Waals surface area contributed by atoms with Gasteiger partial charge in [0.05, 0.1) is 13.7 Å². The molecular weight excluding hydrogens is 589 g/mol. The lowest BCUT2D eigenvalue weighted by molar-refractivity contribution is -0.136. The lowest BCUT2D eigenvalue weighted by Crippen LogP contribution is -2.47. The molecular formula is C33H35F3N4O5. The van der Waals surface area contributed by atoms with Crippen LogP contribution in [0.15, 0.2) is 48.5 Å². The standard InChI is InChI=1S/C33H35F3N4O5/c1-3-45-30-13-23-17-38(9-8-20(23)12-29(30)44-2)32(42)19-40-28-7-5-4-6-21(28)16-39(18-33(40)43)31(41)14-24(37)10-22-11-26(35)27(36)15-25(22)34/h4-7,11-13,15,24H,3,8-10,14,16-19,37H2,1-2H3/t24-/m1/s1. The van der Waals surface area contributed by atoms with Crippen LogP contribution in [0.1, 0.15) is 35.6 Å². The van der Waals surface area contributed by atoms with E-state index in [2.05, 4.69) is 0 Å². The van der Waals surface area contributed by atoms with Crippen LogP contribution in [0.25, 0.3) is 0 Å². The number of halogens is 3. The number of hydrogen-bond acceptors (Lipinski definition) is 6. The van der Waals surface area contributed by atoms with E-state index in [-0.39, 0.29) is 43.9 Å². The van der Waals surface area contributed by atoms with Crippen LogP contribution >= 0.6 is 0 Å². The van der Waals surface area contributed by atoms with Crippen molar-refractivity contribution in [2.24, 2.45) is 5.73 Å². The number of amides is 3. The SMILES string of the molecule is CCOc1cc2c(cc1OC)CCN(C(=O)CN1C(=O)CN(C(=O)C[C@H](N)Cc3cc(F)c(F)cc3F)Cc3ccccc31)C2. The van der Waals surface area contributed by atoms with Crippen LogP contribution < -0.4 is 20.1 Å². The topological polar surface area (TPSA) is 105 Å². The highest BCUT2D eigenvalue weighted by Gasteiger charge is 2.32. The summed E-state index contributed by atoms with van der Waals surface area (Å²) < 4.78 is 52.3. The molecule has 0 fully saturated rings. The molecule has 0 radical (unpaired) electrons. The largest absolute Gasteiger partial charge is 0.493 e. The van der Waals surface area contributed by atoms with Gasteiger partial charge in [0.1, 0.15) is 18.9 Å². The third-order valence-corrected chi connectivity index (χ3v) is 8.08. The van der Waals surface area contributed by atoms with Crippen LogP contribution in [0.5, 0.6) is 11.5 Å². The van der Waals surface area contributed by atoms with Gasteiger partial charge in [-0.25, -0.2) is 13.2 Å². The number of benzene rings is 3. The highest BCUT2D eigenvalue weighted by Crippen LogP contribution is 2.34. The van der Waals surface area contributed by atoms with Gasteiger partial charge in [-0.1, -0.05) is 18.2 Å². The van der Waals surface area contributed by atoms with Gasteiger partial charge in [0.15, 0.2) is 23.1 Å². The van der Waals surface area contributed by atoms with E-state index < -0.39 is 35.3 Å². The molecule has 2 aliphatic heterocycles. The maximum absolute atomic E-state index is 14.1. The first kappa shape index (κ1) is 31.8. The summed E-state index contributed by atoms with van der Waals surface area (Å²) in [5.41, 5.74) is 9.16. The van der Waals surface area contributed by atoms with E-state index in [0.717, 1.165) is 17.2 Å². The number of nitrogens with zero attached hydrogens (tertiary/aromatic N) is 3. The first-order valence-electron chi connectivity index (χ1n) is 14.7. The maximum Gasteiger partial charge on any atom is 0.247 e. The predicted octanol–water partition coefficient (Wildman–Crippen LogP) is 3.73. The Hall–Kier alpha value is -4.58. The number of ether oxygens (including phenoxy) is 2. The van der Waals surface area contributed by atoms with Crippen molar-refractivity contribution in [3.8, 4) is 11.5 Å². The maximum atomic E-state index is 14.1. The number of anilines is 1. The summed E-state index contributed by atoms with van der Waals surface area (Å²) >= 11 is 0. The second-order valence-corrected chi connectivity index (χ2v) is 11.2. The zero-order chi connectivity index (χ0) is 32.2. The van der Waals surface area contributed by atoms with Crippen molar-refractivity contribution in [3.63, 3.8) is 0 Å². The van der Waals surface area contributed by atoms with E-state index >= 15 is 0 Å². The highest BCUT2D eigenvalue weighted by molar-refractivity contribution is 6.02. The van der Waals surface area contributed by atoms with Gasteiger partial charge in [0.25, 0.3) is 0 Å². The number of para-hydroxylation sites is 1. The Balaban J connectivity index is 1.28. The normalized spacial score (nSPS) is 15.2. The first-order chi connectivity index (χ1) is 21.6. The van der Waals surface area contributed by atoms with Gasteiger partial charge in [-0.15, -0.1) is 0 Å². The molecule has 2 aliphatic rings. The molecule has 3 aromatic carbocycles. The van der Waals surface area contributed by atoms with Gasteiger partial charge >= 0.3 is 0 Å². The summed E-state index contributed by atoms with van der Waals surface area (Å²) in [5, 5.41) is 0. The minimum absolute atomic E-state index is 0.0941. The Morgan fingerprint density at radius 3 is 2.36 bits per heavy atom. The lowest BCUT2D eigenvalue weighted by atomic mass is 9.98. The van der Waals surface area contributed by atoms with Crippen molar-refractivity contribution in [3.05, 3.63) is 88.2 Å². The molecule has 12 heteroatoms. The first-order valence-corrected chi connectivity index (χ1v) is 14.7. The molecule has 238 valence electrons. The molecule has 2 heterocycles. The fourth-order valence-corrected chi connectivity index (χ4v) is 5.77. The summed E-state index contributed by atoms with van der Waals surface area (Å²) in [6.07, 6.45) is 0.158. The molecule has 5 rings (SSSR count). The van der Waals surface area contributed by atoms with Gasteiger partial charge in [-0.05, 0) is 66.3 Å². The Morgan fingerprint density at radius 2 is 1.60 bits per heavy atom. The number of hydrogen-bond donors (Lipinski definition) is 1. The number of rotatable bonds is 9. The smallest absolute Gasteiger partial charge is 0.247 e. The summed E-state index contributed by atoms with van der Waals surface area (Å²) in [4.78, 5) is 44.9. The van der Waals surface area contributed by atoms with Gasteiger partial charge in [0, 0.05) is 43.9 Å². The van der Waals surface area contributed by atoms with Crippen LogP contribution in [-0.4, -0.2) is 66.9 Å². The quantitative estimate of drug-likeness (QED) is 0.364. The molecule has 2 N–H and O–H groups in total. The molecule has 1 atom stereocenters. The highest BCUT2D eigenvalue weighted by atomic mass is 19.2. The van der Waals surface area contributed by atoms with Crippen LogP contribution in [-0.2, 0) is 40.3 Å². The molecule has 9 nitrogen and oxygen atoms in total. The minimum atomic E-state index is -1.31. The van der Waals surface area contributed by atoms with Crippen LogP contribution in [0, 0.1) is 17.5 Å². The average molecular weight is 625 g/mol. The third-order valence-electron chi connectivity index (χ3n) is 8.08. The van der Waals surface area contributed by atoms with Crippen molar-refractivity contribution in [2.75, 3.05) is 38.3 Å². The van der Waals surface area contributed by atoms with Gasteiger partial charge < -0.3 is 29.9 Å². The molecule has 3 aromatic rings. The Kier molecular flexibility index (Phi) is 9.62. The molecule has 0 aliphatic carbocycles. The van der Waals surface area contributed by atoms with Crippen molar-refractivity contribution in [1.29, 1.82) is 0 Å². The van der Waals surface area contributed by atoms with Gasteiger partial charge in [0.2, 0.25) is 17.7 Å². The fraction of sp³-hybridized carbons (Fsp3) is 0.364. The number of carbonyl (C=O) groups is 3.